The van der Waals surface area contributed by atoms with Gasteiger partial charge in [-0.3, -0.25) is 4.79 Å². The molecule has 0 aliphatic carbocycles. The predicted octanol–water partition coefficient (Wildman–Crippen LogP) is 3.95. The van der Waals surface area contributed by atoms with Gasteiger partial charge in [-0.05, 0) is 42.0 Å². The molecule has 2 aromatic carbocycles. The van der Waals surface area contributed by atoms with Crippen molar-refractivity contribution in [1.82, 2.24) is 5.32 Å². The fourth-order valence-corrected chi connectivity index (χ4v) is 1.79. The van der Waals surface area contributed by atoms with Gasteiger partial charge in [0.2, 0.25) is 5.91 Å². The lowest BCUT2D eigenvalue weighted by molar-refractivity contribution is -0.116. The molecule has 2 nitrogen and oxygen atoms in total. The van der Waals surface area contributed by atoms with Gasteiger partial charge >= 0.3 is 0 Å². The molecule has 0 spiro atoms. The molecule has 0 saturated heterocycles. The quantitative estimate of drug-likeness (QED) is 0.852. The lowest BCUT2D eigenvalue weighted by atomic mass is 10.2. The highest BCUT2D eigenvalue weighted by Gasteiger charge is 2.04. The maximum Gasteiger partial charge on any atom is 0.244 e. The molecule has 0 aliphatic heterocycles. The molecular formula is C16H12ClF2NO. The number of carbonyl (C=O) groups excluding carboxylic acids is 1. The molecule has 21 heavy (non-hydrogen) atoms. The summed E-state index contributed by atoms with van der Waals surface area (Å²) in [5.41, 5.74) is 0.912. The van der Waals surface area contributed by atoms with Gasteiger partial charge in [0, 0.05) is 23.2 Å². The fraction of sp³-hybridized carbons (Fsp3) is 0.0625. The zero-order valence-corrected chi connectivity index (χ0v) is 11.7. The molecule has 0 fully saturated rings. The molecule has 0 aromatic heterocycles. The van der Waals surface area contributed by atoms with E-state index in [1.54, 1.807) is 30.3 Å². The van der Waals surface area contributed by atoms with Crippen molar-refractivity contribution < 1.29 is 13.6 Å². The zero-order chi connectivity index (χ0) is 15.2. The number of rotatable bonds is 4. The maximum atomic E-state index is 13.4. The Labute approximate surface area is 126 Å². The summed E-state index contributed by atoms with van der Waals surface area (Å²) >= 11 is 5.75. The Morgan fingerprint density at radius 3 is 2.57 bits per heavy atom. The number of hydrogen-bond donors (Lipinski definition) is 1. The monoisotopic (exact) mass is 307 g/mol. The average molecular weight is 308 g/mol. The van der Waals surface area contributed by atoms with E-state index in [4.69, 9.17) is 11.6 Å². The van der Waals surface area contributed by atoms with Crippen molar-refractivity contribution >= 4 is 23.6 Å². The van der Waals surface area contributed by atoms with E-state index in [-0.39, 0.29) is 12.1 Å². The molecule has 0 bridgehead atoms. The SMILES string of the molecule is O=C(C=Cc1ccc(Cl)cc1)NCc1cc(F)ccc1F. The number of carbonyl (C=O) groups is 1. The van der Waals surface area contributed by atoms with Gasteiger partial charge in [-0.25, -0.2) is 8.78 Å². The van der Waals surface area contributed by atoms with Crippen LogP contribution in [0.15, 0.2) is 48.5 Å². The van der Waals surface area contributed by atoms with Crippen LogP contribution < -0.4 is 5.32 Å². The Hall–Kier alpha value is -2.20. The second-order valence-electron chi connectivity index (χ2n) is 4.34. The minimum Gasteiger partial charge on any atom is -0.348 e. The van der Waals surface area contributed by atoms with Crippen LogP contribution in [0, 0.1) is 11.6 Å². The van der Waals surface area contributed by atoms with Gasteiger partial charge in [-0.15, -0.1) is 0 Å². The van der Waals surface area contributed by atoms with E-state index in [0.29, 0.717) is 5.02 Å². The van der Waals surface area contributed by atoms with Crippen LogP contribution >= 0.6 is 11.6 Å². The summed E-state index contributed by atoms with van der Waals surface area (Å²) < 4.78 is 26.3. The molecule has 0 unspecified atom stereocenters. The third kappa shape index (κ3) is 4.68. The van der Waals surface area contributed by atoms with Crippen molar-refractivity contribution in [3.8, 4) is 0 Å². The van der Waals surface area contributed by atoms with Gasteiger partial charge in [0.15, 0.2) is 0 Å². The van der Waals surface area contributed by atoms with Gasteiger partial charge in [-0.1, -0.05) is 23.7 Å². The largest absolute Gasteiger partial charge is 0.348 e. The van der Waals surface area contributed by atoms with Gasteiger partial charge in [0.1, 0.15) is 11.6 Å². The van der Waals surface area contributed by atoms with Crippen LogP contribution in [-0.4, -0.2) is 5.91 Å². The molecular weight excluding hydrogens is 296 g/mol. The molecule has 2 rings (SSSR count). The van der Waals surface area contributed by atoms with E-state index in [1.165, 1.54) is 6.08 Å². The van der Waals surface area contributed by atoms with E-state index in [9.17, 15) is 13.6 Å². The van der Waals surface area contributed by atoms with Crippen LogP contribution in [0.4, 0.5) is 8.78 Å². The van der Waals surface area contributed by atoms with E-state index >= 15 is 0 Å². The number of amides is 1. The fourth-order valence-electron chi connectivity index (χ4n) is 1.67. The zero-order valence-electron chi connectivity index (χ0n) is 10.9. The predicted molar refractivity (Wildman–Crippen MR) is 78.7 cm³/mol. The Bertz CT molecular complexity index is 668. The Kier molecular flexibility index (Phi) is 5.06. The molecule has 0 radical (unpaired) electrons. The first-order valence-corrected chi connectivity index (χ1v) is 6.58. The third-order valence-corrected chi connectivity index (χ3v) is 3.01. The normalized spacial score (nSPS) is 10.8. The molecule has 108 valence electrons. The highest BCUT2D eigenvalue weighted by Crippen LogP contribution is 2.11. The molecule has 0 saturated carbocycles. The van der Waals surface area contributed by atoms with Crippen LogP contribution in [0.25, 0.3) is 6.08 Å². The lowest BCUT2D eigenvalue weighted by Crippen LogP contribution is -2.21. The van der Waals surface area contributed by atoms with Gasteiger partial charge in [0.05, 0.1) is 0 Å². The van der Waals surface area contributed by atoms with Gasteiger partial charge in [-0.2, -0.15) is 0 Å². The van der Waals surface area contributed by atoms with Crippen molar-refractivity contribution in [2.24, 2.45) is 0 Å². The first-order chi connectivity index (χ1) is 10.0. The van der Waals surface area contributed by atoms with E-state index < -0.39 is 17.5 Å². The summed E-state index contributed by atoms with van der Waals surface area (Å²) in [5, 5.41) is 3.10. The first kappa shape index (κ1) is 15.2. The Morgan fingerprint density at radius 1 is 1.14 bits per heavy atom. The second kappa shape index (κ2) is 6.99. The number of nitrogens with one attached hydrogen (secondary N) is 1. The second-order valence-corrected chi connectivity index (χ2v) is 4.77. The van der Waals surface area contributed by atoms with E-state index in [1.807, 2.05) is 0 Å². The van der Waals surface area contributed by atoms with Crippen LogP contribution in [0.2, 0.25) is 5.02 Å². The Morgan fingerprint density at radius 2 is 1.86 bits per heavy atom. The summed E-state index contributed by atoms with van der Waals surface area (Å²) in [7, 11) is 0. The lowest BCUT2D eigenvalue weighted by Gasteiger charge is -2.04. The van der Waals surface area contributed by atoms with Crippen LogP contribution in [0.1, 0.15) is 11.1 Å². The van der Waals surface area contributed by atoms with Crippen LogP contribution in [0.5, 0.6) is 0 Å². The molecule has 1 N–H and O–H groups in total. The highest BCUT2D eigenvalue weighted by molar-refractivity contribution is 6.30. The summed E-state index contributed by atoms with van der Waals surface area (Å²) in [6.07, 6.45) is 2.92. The Balaban J connectivity index is 1.93. The first-order valence-electron chi connectivity index (χ1n) is 6.20. The molecule has 2 aromatic rings. The van der Waals surface area contributed by atoms with Crippen molar-refractivity contribution in [3.63, 3.8) is 0 Å². The van der Waals surface area contributed by atoms with Crippen molar-refractivity contribution in [3.05, 3.63) is 76.3 Å². The average Bonchev–Trinajstić information content (AvgIpc) is 2.47. The highest BCUT2D eigenvalue weighted by atomic mass is 35.5. The third-order valence-electron chi connectivity index (χ3n) is 2.76. The van der Waals surface area contributed by atoms with E-state index in [0.717, 1.165) is 23.8 Å². The van der Waals surface area contributed by atoms with Crippen LogP contribution in [-0.2, 0) is 11.3 Å². The van der Waals surface area contributed by atoms with Crippen molar-refractivity contribution in [2.45, 2.75) is 6.54 Å². The standard InChI is InChI=1S/C16H12ClF2NO/c17-13-4-1-11(2-5-13)3-8-16(21)20-10-12-9-14(18)6-7-15(12)19/h1-9H,10H2,(H,20,21). The smallest absolute Gasteiger partial charge is 0.244 e. The van der Waals surface area contributed by atoms with Crippen molar-refractivity contribution in [1.29, 1.82) is 0 Å². The molecule has 0 aliphatic rings. The molecule has 0 heterocycles. The topological polar surface area (TPSA) is 29.1 Å². The number of benzene rings is 2. The van der Waals surface area contributed by atoms with Gasteiger partial charge in [0.25, 0.3) is 0 Å². The number of hydrogen-bond acceptors (Lipinski definition) is 1. The molecule has 0 atom stereocenters. The summed E-state index contributed by atoms with van der Waals surface area (Å²) in [6.45, 7) is -0.0760. The summed E-state index contributed by atoms with van der Waals surface area (Å²) in [6, 6.07) is 10.1. The van der Waals surface area contributed by atoms with Crippen LogP contribution in [0.3, 0.4) is 0 Å². The maximum absolute atomic E-state index is 13.4. The van der Waals surface area contributed by atoms with Crippen molar-refractivity contribution in [2.75, 3.05) is 0 Å². The van der Waals surface area contributed by atoms with E-state index in [2.05, 4.69) is 5.32 Å². The minimum absolute atomic E-state index is 0.0760. The summed E-state index contributed by atoms with van der Waals surface area (Å²) in [4.78, 5) is 11.6. The number of halogens is 3. The molecule has 1 amide bonds. The van der Waals surface area contributed by atoms with Gasteiger partial charge < -0.3 is 5.32 Å². The molecule has 5 heteroatoms. The minimum atomic E-state index is -0.557. The summed E-state index contributed by atoms with van der Waals surface area (Å²) in [5.74, 6) is -1.50.